The minimum Gasteiger partial charge on any atom is -0.309 e. The Bertz CT molecular complexity index is 660. The number of anilines is 1. The van der Waals surface area contributed by atoms with Crippen LogP contribution in [0.3, 0.4) is 0 Å². The molecule has 2 aromatic rings. The van der Waals surface area contributed by atoms with E-state index in [4.69, 9.17) is 0 Å². The number of amides is 1. The minimum atomic E-state index is 0.234. The number of nitrogens with zero attached hydrogens (tertiary/aromatic N) is 2. The van der Waals surface area contributed by atoms with Crippen LogP contribution >= 0.6 is 11.3 Å². The van der Waals surface area contributed by atoms with Crippen molar-refractivity contribution in [2.24, 2.45) is 0 Å². The number of hydrogen-bond donors (Lipinski definition) is 0. The fourth-order valence-electron chi connectivity index (χ4n) is 3.47. The predicted molar refractivity (Wildman–Crippen MR) is 102 cm³/mol. The van der Waals surface area contributed by atoms with E-state index in [-0.39, 0.29) is 5.91 Å². The molecule has 0 saturated carbocycles. The quantitative estimate of drug-likeness (QED) is 0.801. The summed E-state index contributed by atoms with van der Waals surface area (Å²) in [6.45, 7) is 7.19. The van der Waals surface area contributed by atoms with Crippen molar-refractivity contribution >= 4 is 22.9 Å². The van der Waals surface area contributed by atoms with Gasteiger partial charge < -0.3 is 4.90 Å². The van der Waals surface area contributed by atoms with Crippen LogP contribution in [0.2, 0.25) is 0 Å². The Kier molecular flexibility index (Phi) is 5.69. The summed E-state index contributed by atoms with van der Waals surface area (Å²) in [6, 6.07) is 13.0. The van der Waals surface area contributed by atoms with Crippen molar-refractivity contribution in [3.8, 4) is 0 Å². The number of benzene rings is 1. The summed E-state index contributed by atoms with van der Waals surface area (Å²) in [7, 11) is 0. The second kappa shape index (κ2) is 7.95. The van der Waals surface area contributed by atoms with Gasteiger partial charge in [-0.15, -0.1) is 11.3 Å². The first-order valence-electron chi connectivity index (χ1n) is 8.81. The fraction of sp³-hybridized carbons (Fsp3) is 0.450. The Morgan fingerprint density at radius 3 is 2.67 bits per heavy atom. The Labute approximate surface area is 148 Å². The van der Waals surface area contributed by atoms with E-state index in [9.17, 15) is 4.79 Å². The van der Waals surface area contributed by atoms with Gasteiger partial charge in [-0.2, -0.15) is 0 Å². The van der Waals surface area contributed by atoms with Gasteiger partial charge in [0.15, 0.2) is 0 Å². The van der Waals surface area contributed by atoms with Crippen LogP contribution in [-0.2, 0) is 11.3 Å². The van der Waals surface area contributed by atoms with Gasteiger partial charge in [0.25, 0.3) is 0 Å². The zero-order valence-electron chi connectivity index (χ0n) is 14.6. The van der Waals surface area contributed by atoms with Gasteiger partial charge in [-0.3, -0.25) is 9.69 Å². The van der Waals surface area contributed by atoms with E-state index >= 15 is 0 Å². The molecule has 4 heteroatoms. The highest BCUT2D eigenvalue weighted by Gasteiger charge is 2.28. The van der Waals surface area contributed by atoms with Gasteiger partial charge in [0, 0.05) is 42.7 Å². The lowest BCUT2D eigenvalue weighted by Gasteiger charge is -2.38. The zero-order chi connectivity index (χ0) is 16.9. The maximum absolute atomic E-state index is 12.6. The van der Waals surface area contributed by atoms with Crippen LogP contribution < -0.4 is 4.90 Å². The van der Waals surface area contributed by atoms with Crippen LogP contribution in [0.1, 0.15) is 36.6 Å². The number of likely N-dealkylation sites (tertiary alicyclic amines) is 1. The van der Waals surface area contributed by atoms with Gasteiger partial charge in [0.1, 0.15) is 0 Å². The van der Waals surface area contributed by atoms with E-state index in [1.165, 1.54) is 10.4 Å². The first-order valence-corrected chi connectivity index (χ1v) is 9.69. The molecule has 0 N–H and O–H groups in total. The third kappa shape index (κ3) is 4.05. The molecule has 1 amide bonds. The summed E-state index contributed by atoms with van der Waals surface area (Å²) >= 11 is 1.82. The van der Waals surface area contributed by atoms with Crippen molar-refractivity contribution < 1.29 is 4.79 Å². The molecule has 1 aliphatic rings. The van der Waals surface area contributed by atoms with E-state index in [1.54, 1.807) is 0 Å². The highest BCUT2D eigenvalue weighted by molar-refractivity contribution is 7.09. The topological polar surface area (TPSA) is 23.6 Å². The SMILES string of the molecule is CCC(=O)N(c1cccc(C)c1)C1CCN(Cc2cccs2)CC1. The van der Waals surface area contributed by atoms with Crippen molar-refractivity contribution in [3.63, 3.8) is 0 Å². The van der Waals surface area contributed by atoms with Crippen molar-refractivity contribution in [3.05, 3.63) is 52.2 Å². The molecule has 1 saturated heterocycles. The summed E-state index contributed by atoms with van der Waals surface area (Å²) in [5.41, 5.74) is 2.26. The molecule has 1 fully saturated rings. The van der Waals surface area contributed by atoms with Crippen molar-refractivity contribution in [1.82, 2.24) is 4.90 Å². The lowest BCUT2D eigenvalue weighted by Crippen LogP contribution is -2.47. The first-order chi connectivity index (χ1) is 11.7. The average molecular weight is 343 g/mol. The molecule has 1 aromatic carbocycles. The van der Waals surface area contributed by atoms with Crippen LogP contribution in [0, 0.1) is 6.92 Å². The molecular formula is C20H26N2OS. The van der Waals surface area contributed by atoms with Crippen LogP contribution in [-0.4, -0.2) is 29.9 Å². The number of carbonyl (C=O) groups excluding carboxylic acids is 1. The summed E-state index contributed by atoms with van der Waals surface area (Å²) in [6.07, 6.45) is 2.65. The van der Waals surface area contributed by atoms with E-state index in [0.717, 1.165) is 38.2 Å². The summed E-state index contributed by atoms with van der Waals surface area (Å²) in [5.74, 6) is 0.234. The second-order valence-corrected chi connectivity index (χ2v) is 7.58. The molecule has 2 heterocycles. The lowest BCUT2D eigenvalue weighted by atomic mass is 10.0. The normalized spacial score (nSPS) is 16.2. The van der Waals surface area contributed by atoms with Crippen LogP contribution in [0.4, 0.5) is 5.69 Å². The largest absolute Gasteiger partial charge is 0.309 e. The Morgan fingerprint density at radius 2 is 2.04 bits per heavy atom. The van der Waals surface area contributed by atoms with Gasteiger partial charge >= 0.3 is 0 Å². The monoisotopic (exact) mass is 342 g/mol. The number of piperidine rings is 1. The van der Waals surface area contributed by atoms with Crippen LogP contribution in [0.15, 0.2) is 41.8 Å². The number of thiophene rings is 1. The van der Waals surface area contributed by atoms with Crippen LogP contribution in [0.25, 0.3) is 0 Å². The van der Waals surface area contributed by atoms with Crippen molar-refractivity contribution in [2.45, 2.75) is 45.7 Å². The number of rotatable bonds is 5. The lowest BCUT2D eigenvalue weighted by molar-refractivity contribution is -0.119. The highest BCUT2D eigenvalue weighted by atomic mass is 32.1. The predicted octanol–water partition coefficient (Wildman–Crippen LogP) is 4.46. The van der Waals surface area contributed by atoms with Gasteiger partial charge in [-0.25, -0.2) is 0 Å². The molecule has 3 rings (SSSR count). The number of carbonyl (C=O) groups is 1. The van der Waals surface area contributed by atoms with Gasteiger partial charge in [-0.05, 0) is 48.9 Å². The summed E-state index contributed by atoms with van der Waals surface area (Å²) in [4.78, 5) is 18.6. The van der Waals surface area contributed by atoms with Gasteiger partial charge in [-0.1, -0.05) is 25.1 Å². The minimum absolute atomic E-state index is 0.234. The van der Waals surface area contributed by atoms with Crippen LogP contribution in [0.5, 0.6) is 0 Å². The second-order valence-electron chi connectivity index (χ2n) is 6.54. The Hall–Kier alpha value is -1.65. The van der Waals surface area contributed by atoms with Crippen molar-refractivity contribution in [2.75, 3.05) is 18.0 Å². The number of aryl methyl sites for hydroxylation is 1. The molecule has 0 unspecified atom stereocenters. The zero-order valence-corrected chi connectivity index (χ0v) is 15.4. The summed E-state index contributed by atoms with van der Waals surface area (Å²) in [5, 5.41) is 2.14. The fourth-order valence-corrected chi connectivity index (χ4v) is 4.21. The standard InChI is InChI=1S/C20H26N2OS/c1-3-20(23)22(18-7-4-6-16(2)14-18)17-9-11-21(12-10-17)15-19-8-5-13-24-19/h4-8,13-14,17H,3,9-12,15H2,1-2H3. The molecule has 0 atom stereocenters. The van der Waals surface area contributed by atoms with E-state index in [1.807, 2.05) is 24.3 Å². The maximum Gasteiger partial charge on any atom is 0.226 e. The third-order valence-electron chi connectivity index (χ3n) is 4.73. The molecule has 24 heavy (non-hydrogen) atoms. The molecule has 3 nitrogen and oxygen atoms in total. The molecule has 0 spiro atoms. The molecule has 1 aromatic heterocycles. The number of hydrogen-bond acceptors (Lipinski definition) is 3. The van der Waals surface area contributed by atoms with E-state index < -0.39 is 0 Å². The molecule has 0 radical (unpaired) electrons. The molecule has 1 aliphatic heterocycles. The van der Waals surface area contributed by atoms with E-state index in [2.05, 4.69) is 52.4 Å². The van der Waals surface area contributed by atoms with Gasteiger partial charge in [0.05, 0.1) is 0 Å². The molecule has 0 aliphatic carbocycles. The van der Waals surface area contributed by atoms with Crippen molar-refractivity contribution in [1.29, 1.82) is 0 Å². The highest BCUT2D eigenvalue weighted by Crippen LogP contribution is 2.26. The Balaban J connectivity index is 1.68. The first kappa shape index (κ1) is 17.2. The Morgan fingerprint density at radius 1 is 1.25 bits per heavy atom. The molecular weight excluding hydrogens is 316 g/mol. The average Bonchev–Trinajstić information content (AvgIpc) is 3.09. The molecule has 0 bridgehead atoms. The maximum atomic E-state index is 12.6. The molecule has 128 valence electrons. The third-order valence-corrected chi connectivity index (χ3v) is 5.59. The smallest absolute Gasteiger partial charge is 0.226 e. The summed E-state index contributed by atoms with van der Waals surface area (Å²) < 4.78 is 0. The van der Waals surface area contributed by atoms with E-state index in [0.29, 0.717) is 12.5 Å². The van der Waals surface area contributed by atoms with Gasteiger partial charge in [0.2, 0.25) is 5.91 Å².